The van der Waals surface area contributed by atoms with Crippen molar-refractivity contribution < 1.29 is 24.2 Å². The molecule has 1 fully saturated rings. The Labute approximate surface area is 114 Å². The third kappa shape index (κ3) is 3.14. The molecular formula is C13H12N2O5. The van der Waals surface area contributed by atoms with E-state index in [0.29, 0.717) is 22.6 Å². The third-order valence-corrected chi connectivity index (χ3v) is 2.65. The summed E-state index contributed by atoms with van der Waals surface area (Å²) in [5, 5.41) is 10.7. The van der Waals surface area contributed by atoms with Crippen molar-refractivity contribution in [1.82, 2.24) is 5.32 Å². The molecule has 0 spiro atoms. The molecule has 0 radical (unpaired) electrons. The Balaban J connectivity index is 2.25. The van der Waals surface area contributed by atoms with Gasteiger partial charge in [-0.3, -0.25) is 14.9 Å². The van der Waals surface area contributed by atoms with Crippen molar-refractivity contribution in [2.45, 2.75) is 6.42 Å². The Morgan fingerprint density at radius 2 is 2.20 bits per heavy atom. The van der Waals surface area contributed by atoms with E-state index in [1.165, 1.54) is 24.3 Å². The molecule has 1 aromatic carbocycles. The maximum Gasteiger partial charge on any atom is 0.341 e. The highest BCUT2D eigenvalue weighted by molar-refractivity contribution is 6.15. The Bertz CT molecular complexity index is 621. The maximum absolute atomic E-state index is 11.5. The molecule has 0 atom stereocenters. The number of carboxylic acids is 1. The number of carbonyl (C=O) groups is 3. The van der Waals surface area contributed by atoms with E-state index in [2.05, 4.69) is 5.32 Å². The van der Waals surface area contributed by atoms with Gasteiger partial charge in [0.2, 0.25) is 5.91 Å². The number of anilines is 1. The largest absolute Gasteiger partial charge is 0.482 e. The van der Waals surface area contributed by atoms with Crippen LogP contribution in [-0.2, 0) is 14.4 Å². The number of hydrogen-bond donors (Lipinski definition) is 3. The molecule has 0 unspecified atom stereocenters. The smallest absolute Gasteiger partial charge is 0.341 e. The first kappa shape index (κ1) is 13.6. The maximum atomic E-state index is 11.5. The second kappa shape index (κ2) is 5.43. The standard InChI is InChI=1S/C13H12N2O5/c14-10-2-1-9(20-6-12(17)18)4-7(10)3-8-5-11(16)15-13(8)19/h1-4H,5-6,14H2,(H,17,18)(H,15,16,19)/b8-3+. The summed E-state index contributed by atoms with van der Waals surface area (Å²) >= 11 is 0. The van der Waals surface area contributed by atoms with E-state index in [9.17, 15) is 14.4 Å². The van der Waals surface area contributed by atoms with Gasteiger partial charge in [0.05, 0.1) is 6.42 Å². The van der Waals surface area contributed by atoms with E-state index >= 15 is 0 Å². The van der Waals surface area contributed by atoms with Crippen LogP contribution < -0.4 is 15.8 Å². The zero-order valence-electron chi connectivity index (χ0n) is 10.4. The Morgan fingerprint density at radius 3 is 2.80 bits per heavy atom. The average molecular weight is 276 g/mol. The number of carboxylic acid groups (broad SMARTS) is 1. The molecular weight excluding hydrogens is 264 g/mol. The number of ether oxygens (including phenoxy) is 1. The monoisotopic (exact) mass is 276 g/mol. The van der Waals surface area contributed by atoms with Gasteiger partial charge in [0.15, 0.2) is 6.61 Å². The highest BCUT2D eigenvalue weighted by Crippen LogP contribution is 2.24. The van der Waals surface area contributed by atoms with Crippen LogP contribution in [0.5, 0.6) is 5.75 Å². The molecule has 2 amide bonds. The summed E-state index contributed by atoms with van der Waals surface area (Å²) in [6, 6.07) is 4.58. The first-order valence-corrected chi connectivity index (χ1v) is 5.74. The predicted octanol–water partition coefficient (Wildman–Crippen LogP) is 0.162. The summed E-state index contributed by atoms with van der Waals surface area (Å²) < 4.78 is 5.02. The number of rotatable bonds is 4. The van der Waals surface area contributed by atoms with Gasteiger partial charge in [-0.15, -0.1) is 0 Å². The normalized spacial score (nSPS) is 16.3. The fourth-order valence-corrected chi connectivity index (χ4v) is 1.72. The van der Waals surface area contributed by atoms with Crippen LogP contribution in [0.1, 0.15) is 12.0 Å². The van der Waals surface area contributed by atoms with E-state index in [1.54, 1.807) is 0 Å². The molecule has 7 heteroatoms. The first-order chi connectivity index (χ1) is 9.45. The van der Waals surface area contributed by atoms with Gasteiger partial charge >= 0.3 is 5.97 Å². The zero-order chi connectivity index (χ0) is 14.7. The van der Waals surface area contributed by atoms with Gasteiger partial charge in [-0.1, -0.05) is 0 Å². The van der Waals surface area contributed by atoms with Crippen molar-refractivity contribution >= 4 is 29.5 Å². The van der Waals surface area contributed by atoms with Crippen LogP contribution in [0.15, 0.2) is 23.8 Å². The van der Waals surface area contributed by atoms with Gasteiger partial charge in [0.1, 0.15) is 5.75 Å². The lowest BCUT2D eigenvalue weighted by Gasteiger charge is -2.07. The Hall–Kier alpha value is -2.83. The highest BCUT2D eigenvalue weighted by atomic mass is 16.5. The molecule has 1 saturated heterocycles. The predicted molar refractivity (Wildman–Crippen MR) is 69.7 cm³/mol. The van der Waals surface area contributed by atoms with E-state index in [-0.39, 0.29) is 12.3 Å². The molecule has 4 N–H and O–H groups in total. The lowest BCUT2D eigenvalue weighted by atomic mass is 10.1. The molecule has 0 saturated carbocycles. The second-order valence-corrected chi connectivity index (χ2v) is 4.20. The fraction of sp³-hybridized carbons (Fsp3) is 0.154. The molecule has 1 aliphatic rings. The summed E-state index contributed by atoms with van der Waals surface area (Å²) in [6.45, 7) is -0.473. The van der Waals surface area contributed by atoms with Gasteiger partial charge in [0, 0.05) is 16.8 Å². The number of hydrogen-bond acceptors (Lipinski definition) is 5. The van der Waals surface area contributed by atoms with Gasteiger partial charge < -0.3 is 15.6 Å². The highest BCUT2D eigenvalue weighted by Gasteiger charge is 2.23. The van der Waals surface area contributed by atoms with E-state index in [1.807, 2.05) is 0 Å². The summed E-state index contributed by atoms with van der Waals surface area (Å²) in [5.74, 6) is -1.59. The second-order valence-electron chi connectivity index (χ2n) is 4.20. The molecule has 2 rings (SSSR count). The van der Waals surface area contributed by atoms with Crippen LogP contribution in [0.4, 0.5) is 5.69 Å². The molecule has 7 nitrogen and oxygen atoms in total. The number of nitrogens with two attached hydrogens (primary N) is 1. The van der Waals surface area contributed by atoms with E-state index in [4.69, 9.17) is 15.6 Å². The minimum Gasteiger partial charge on any atom is -0.482 e. The van der Waals surface area contributed by atoms with Crippen LogP contribution in [0.25, 0.3) is 6.08 Å². The molecule has 104 valence electrons. The number of nitrogen functional groups attached to an aromatic ring is 1. The minimum absolute atomic E-state index is 0.00150. The Kier molecular flexibility index (Phi) is 3.69. The summed E-state index contributed by atoms with van der Waals surface area (Å²) in [4.78, 5) is 33.0. The lowest BCUT2D eigenvalue weighted by Crippen LogP contribution is -2.19. The molecule has 1 aliphatic heterocycles. The van der Waals surface area contributed by atoms with Gasteiger partial charge in [0.25, 0.3) is 5.91 Å². The van der Waals surface area contributed by atoms with Gasteiger partial charge in [-0.25, -0.2) is 4.79 Å². The summed E-state index contributed by atoms with van der Waals surface area (Å²) in [7, 11) is 0. The van der Waals surface area contributed by atoms with Gasteiger partial charge in [-0.05, 0) is 24.3 Å². The molecule has 0 aliphatic carbocycles. The molecule has 1 aromatic rings. The van der Waals surface area contributed by atoms with E-state index in [0.717, 1.165) is 0 Å². The molecule has 0 aromatic heterocycles. The van der Waals surface area contributed by atoms with Crippen LogP contribution >= 0.6 is 0 Å². The van der Waals surface area contributed by atoms with Crippen molar-refractivity contribution in [3.05, 3.63) is 29.3 Å². The SMILES string of the molecule is Nc1ccc(OCC(=O)O)cc1/C=C1\CC(=O)NC1=O. The molecule has 20 heavy (non-hydrogen) atoms. The van der Waals surface area contributed by atoms with Crippen LogP contribution in [0.2, 0.25) is 0 Å². The Morgan fingerprint density at radius 1 is 1.45 bits per heavy atom. The molecule has 1 heterocycles. The summed E-state index contributed by atoms with van der Waals surface area (Å²) in [6.07, 6.45) is 1.49. The first-order valence-electron chi connectivity index (χ1n) is 5.74. The van der Waals surface area contributed by atoms with Gasteiger partial charge in [-0.2, -0.15) is 0 Å². The lowest BCUT2D eigenvalue weighted by molar-refractivity contribution is -0.139. The number of aliphatic carboxylic acids is 1. The van der Waals surface area contributed by atoms with Crippen LogP contribution in [0, 0.1) is 0 Å². The average Bonchev–Trinajstić information content (AvgIpc) is 2.68. The van der Waals surface area contributed by atoms with Crippen molar-refractivity contribution in [3.63, 3.8) is 0 Å². The van der Waals surface area contributed by atoms with Crippen molar-refractivity contribution in [3.8, 4) is 5.75 Å². The third-order valence-electron chi connectivity index (χ3n) is 2.65. The quantitative estimate of drug-likeness (QED) is 0.409. The summed E-state index contributed by atoms with van der Waals surface area (Å²) in [5.41, 5.74) is 6.96. The zero-order valence-corrected chi connectivity index (χ0v) is 10.4. The van der Waals surface area contributed by atoms with Crippen LogP contribution in [0.3, 0.4) is 0 Å². The number of imide groups is 1. The number of carbonyl (C=O) groups excluding carboxylic acids is 2. The van der Waals surface area contributed by atoms with Crippen molar-refractivity contribution in [2.24, 2.45) is 0 Å². The van der Waals surface area contributed by atoms with Crippen LogP contribution in [-0.4, -0.2) is 29.5 Å². The van der Waals surface area contributed by atoms with Crippen molar-refractivity contribution in [2.75, 3.05) is 12.3 Å². The number of nitrogens with one attached hydrogen (secondary N) is 1. The fourth-order valence-electron chi connectivity index (χ4n) is 1.72. The minimum atomic E-state index is -1.09. The number of amides is 2. The topological polar surface area (TPSA) is 119 Å². The number of benzene rings is 1. The van der Waals surface area contributed by atoms with Crippen molar-refractivity contribution in [1.29, 1.82) is 0 Å². The van der Waals surface area contributed by atoms with E-state index < -0.39 is 18.5 Å². The molecule has 0 bridgehead atoms.